The molecule has 0 fully saturated rings. The maximum atomic E-state index is 13.0. The van der Waals surface area contributed by atoms with Gasteiger partial charge < -0.3 is 0 Å². The van der Waals surface area contributed by atoms with E-state index in [-0.39, 0.29) is 22.6 Å². The SMILES string of the molecule is Cc1ccc(C)c(C(=O)C(C)Sc2nc3ccccc3c(=O)n2C(C)C)c1. The van der Waals surface area contributed by atoms with Crippen molar-refractivity contribution in [3.8, 4) is 0 Å². The third-order valence-corrected chi connectivity index (χ3v) is 5.67. The van der Waals surface area contributed by atoms with Gasteiger partial charge in [-0.2, -0.15) is 0 Å². The highest BCUT2D eigenvalue weighted by molar-refractivity contribution is 8.00. The Balaban J connectivity index is 2.03. The number of rotatable bonds is 5. The summed E-state index contributed by atoms with van der Waals surface area (Å²) >= 11 is 1.35. The minimum atomic E-state index is -0.344. The molecule has 4 nitrogen and oxygen atoms in total. The monoisotopic (exact) mass is 380 g/mol. The smallest absolute Gasteiger partial charge is 0.262 e. The van der Waals surface area contributed by atoms with Crippen LogP contribution in [0.5, 0.6) is 0 Å². The second kappa shape index (κ2) is 7.69. The summed E-state index contributed by atoms with van der Waals surface area (Å²) in [4.78, 5) is 30.6. The minimum absolute atomic E-state index is 0.0416. The van der Waals surface area contributed by atoms with Crippen molar-refractivity contribution in [2.75, 3.05) is 0 Å². The summed E-state index contributed by atoms with van der Waals surface area (Å²) < 4.78 is 1.68. The normalized spacial score (nSPS) is 12.5. The lowest BCUT2D eigenvalue weighted by Crippen LogP contribution is -2.26. The van der Waals surface area contributed by atoms with Crippen LogP contribution >= 0.6 is 11.8 Å². The first-order valence-corrected chi connectivity index (χ1v) is 9.97. The van der Waals surface area contributed by atoms with Gasteiger partial charge in [0.2, 0.25) is 0 Å². The molecule has 1 aromatic heterocycles. The van der Waals surface area contributed by atoms with Crippen LogP contribution in [-0.2, 0) is 0 Å². The topological polar surface area (TPSA) is 52.0 Å². The molecular formula is C22H24N2O2S. The van der Waals surface area contributed by atoms with Gasteiger partial charge in [0.25, 0.3) is 5.56 Å². The lowest BCUT2D eigenvalue weighted by molar-refractivity contribution is 0.0993. The van der Waals surface area contributed by atoms with Gasteiger partial charge in [-0.1, -0.05) is 41.6 Å². The molecule has 5 heteroatoms. The van der Waals surface area contributed by atoms with Gasteiger partial charge in [-0.15, -0.1) is 0 Å². The summed E-state index contributed by atoms with van der Waals surface area (Å²) in [6.45, 7) is 9.72. The van der Waals surface area contributed by atoms with E-state index in [0.29, 0.717) is 16.1 Å². The molecule has 0 aliphatic heterocycles. The number of benzene rings is 2. The Hall–Kier alpha value is -2.40. The standard InChI is InChI=1S/C22H24N2O2S/c1-13(2)24-21(26)17-8-6-7-9-19(17)23-22(24)27-16(5)20(25)18-12-14(3)10-11-15(18)4/h6-13,16H,1-5H3. The highest BCUT2D eigenvalue weighted by atomic mass is 32.2. The van der Waals surface area contributed by atoms with Crippen molar-refractivity contribution in [2.24, 2.45) is 0 Å². The van der Waals surface area contributed by atoms with Crippen LogP contribution in [0.4, 0.5) is 0 Å². The van der Waals surface area contributed by atoms with Crippen molar-refractivity contribution in [1.29, 1.82) is 0 Å². The number of Topliss-reactive ketones (excluding diaryl/α,β-unsaturated/α-hetero) is 1. The summed E-state index contributed by atoms with van der Waals surface area (Å²) in [6.07, 6.45) is 0. The van der Waals surface area contributed by atoms with Crippen LogP contribution in [-0.4, -0.2) is 20.6 Å². The molecule has 0 radical (unpaired) electrons. The summed E-state index contributed by atoms with van der Waals surface area (Å²) in [5, 5.41) is 0.840. The Morgan fingerprint density at radius 1 is 1.07 bits per heavy atom. The molecule has 1 atom stereocenters. The van der Waals surface area contributed by atoms with Crippen LogP contribution in [0.1, 0.15) is 48.3 Å². The van der Waals surface area contributed by atoms with Crippen molar-refractivity contribution >= 4 is 28.4 Å². The number of aromatic nitrogens is 2. The van der Waals surface area contributed by atoms with Crippen molar-refractivity contribution in [1.82, 2.24) is 9.55 Å². The van der Waals surface area contributed by atoms with E-state index in [1.165, 1.54) is 11.8 Å². The fraction of sp³-hybridized carbons (Fsp3) is 0.318. The number of hydrogen-bond acceptors (Lipinski definition) is 4. The molecule has 2 aromatic carbocycles. The van der Waals surface area contributed by atoms with E-state index in [0.717, 1.165) is 16.7 Å². The second-order valence-electron chi connectivity index (χ2n) is 7.12. The zero-order chi connectivity index (χ0) is 19.7. The zero-order valence-corrected chi connectivity index (χ0v) is 17.1. The predicted molar refractivity (Wildman–Crippen MR) is 112 cm³/mol. The summed E-state index contributed by atoms with van der Waals surface area (Å²) in [5.41, 5.74) is 3.35. The molecule has 0 bridgehead atoms. The third-order valence-electron chi connectivity index (χ3n) is 4.60. The maximum absolute atomic E-state index is 13.0. The summed E-state index contributed by atoms with van der Waals surface area (Å²) in [6, 6.07) is 13.2. The molecule has 0 amide bonds. The Morgan fingerprint density at radius 3 is 2.48 bits per heavy atom. The van der Waals surface area contributed by atoms with Crippen LogP contribution in [0.25, 0.3) is 10.9 Å². The van der Waals surface area contributed by atoms with Crippen LogP contribution in [0, 0.1) is 13.8 Å². The third kappa shape index (κ3) is 3.83. The van der Waals surface area contributed by atoms with Gasteiger partial charge in [-0.25, -0.2) is 4.98 Å². The zero-order valence-electron chi connectivity index (χ0n) is 16.3. The fourth-order valence-corrected chi connectivity index (χ4v) is 4.20. The Bertz CT molecular complexity index is 1070. The van der Waals surface area contributed by atoms with Gasteiger partial charge in [-0.3, -0.25) is 14.2 Å². The van der Waals surface area contributed by atoms with Crippen LogP contribution in [0.2, 0.25) is 0 Å². The van der Waals surface area contributed by atoms with Crippen molar-refractivity contribution < 1.29 is 4.79 Å². The predicted octanol–water partition coefficient (Wildman–Crippen LogP) is 4.96. The molecule has 3 rings (SSSR count). The first-order chi connectivity index (χ1) is 12.8. The van der Waals surface area contributed by atoms with Gasteiger partial charge in [0.15, 0.2) is 10.9 Å². The van der Waals surface area contributed by atoms with Crippen LogP contribution in [0.15, 0.2) is 52.4 Å². The maximum Gasteiger partial charge on any atom is 0.262 e. The number of thioether (sulfide) groups is 1. The highest BCUT2D eigenvalue weighted by Crippen LogP contribution is 2.27. The average molecular weight is 381 g/mol. The van der Waals surface area contributed by atoms with Crippen molar-refractivity contribution in [2.45, 2.75) is 51.1 Å². The Labute approximate surface area is 163 Å². The van der Waals surface area contributed by atoms with Gasteiger partial charge in [0.05, 0.1) is 16.2 Å². The number of fused-ring (bicyclic) bond motifs is 1. The first-order valence-electron chi connectivity index (χ1n) is 9.09. The molecule has 3 aromatic rings. The van der Waals surface area contributed by atoms with Crippen LogP contribution in [0.3, 0.4) is 0 Å². The van der Waals surface area contributed by atoms with E-state index in [1.54, 1.807) is 10.6 Å². The summed E-state index contributed by atoms with van der Waals surface area (Å²) in [7, 11) is 0. The fourth-order valence-electron chi connectivity index (χ4n) is 3.10. The molecule has 0 N–H and O–H groups in total. The van der Waals surface area contributed by atoms with E-state index in [2.05, 4.69) is 4.98 Å². The van der Waals surface area contributed by atoms with Gasteiger partial charge >= 0.3 is 0 Å². The number of aryl methyl sites for hydroxylation is 2. The quantitative estimate of drug-likeness (QED) is 0.357. The Morgan fingerprint density at radius 2 is 1.78 bits per heavy atom. The molecule has 0 saturated carbocycles. The van der Waals surface area contributed by atoms with E-state index in [4.69, 9.17) is 0 Å². The minimum Gasteiger partial charge on any atom is -0.293 e. The van der Waals surface area contributed by atoms with E-state index in [9.17, 15) is 9.59 Å². The highest BCUT2D eigenvalue weighted by Gasteiger charge is 2.22. The van der Waals surface area contributed by atoms with Crippen molar-refractivity contribution in [3.63, 3.8) is 0 Å². The van der Waals surface area contributed by atoms with Gasteiger partial charge in [-0.05, 0) is 58.4 Å². The number of para-hydroxylation sites is 1. The lowest BCUT2D eigenvalue weighted by atomic mass is 10.0. The molecule has 0 spiro atoms. The van der Waals surface area contributed by atoms with E-state index < -0.39 is 0 Å². The number of hydrogen-bond donors (Lipinski definition) is 0. The second-order valence-corrected chi connectivity index (χ2v) is 8.43. The molecule has 1 heterocycles. The molecule has 0 aliphatic carbocycles. The van der Waals surface area contributed by atoms with E-state index >= 15 is 0 Å². The lowest BCUT2D eigenvalue weighted by Gasteiger charge is -2.19. The van der Waals surface area contributed by atoms with Gasteiger partial charge in [0, 0.05) is 11.6 Å². The van der Waals surface area contributed by atoms with Crippen LogP contribution < -0.4 is 5.56 Å². The first kappa shape index (κ1) is 19.4. The molecule has 140 valence electrons. The average Bonchev–Trinajstić information content (AvgIpc) is 2.63. The molecule has 0 saturated heterocycles. The largest absolute Gasteiger partial charge is 0.293 e. The number of carbonyl (C=O) groups is 1. The number of carbonyl (C=O) groups excluding carboxylic acids is 1. The van der Waals surface area contributed by atoms with Crippen molar-refractivity contribution in [3.05, 3.63) is 69.5 Å². The van der Waals surface area contributed by atoms with E-state index in [1.807, 2.05) is 71.0 Å². The number of ketones is 1. The Kier molecular flexibility index (Phi) is 5.51. The number of nitrogens with zero attached hydrogens (tertiary/aromatic N) is 2. The molecule has 0 aliphatic rings. The molecular weight excluding hydrogens is 356 g/mol. The van der Waals surface area contributed by atoms with Gasteiger partial charge in [0.1, 0.15) is 0 Å². The molecule has 27 heavy (non-hydrogen) atoms. The molecule has 1 unspecified atom stereocenters. The summed E-state index contributed by atoms with van der Waals surface area (Å²) in [5.74, 6) is 0.0545.